The molecule has 5 nitrogen and oxygen atoms in total. The molecule has 4 N–H and O–H groups in total. The molecule has 0 spiro atoms. The summed E-state index contributed by atoms with van der Waals surface area (Å²) in [4.78, 5) is 7.81. The normalized spacial score (nSPS) is 10.5. The summed E-state index contributed by atoms with van der Waals surface area (Å²) < 4.78 is 5.75. The molecular formula is C14H12N4O. The molecule has 0 aliphatic carbocycles. The number of hydrogen-bond acceptors (Lipinski definition) is 5. The van der Waals surface area contributed by atoms with Crippen molar-refractivity contribution in [3.05, 3.63) is 48.8 Å². The lowest BCUT2D eigenvalue weighted by Gasteiger charge is -2.10. The maximum absolute atomic E-state index is 5.80. The average Bonchev–Trinajstić information content (AvgIpc) is 2.44. The highest BCUT2D eigenvalue weighted by molar-refractivity contribution is 5.88. The van der Waals surface area contributed by atoms with Crippen LogP contribution < -0.4 is 16.2 Å². The third-order valence-corrected chi connectivity index (χ3v) is 2.83. The molecule has 0 fully saturated rings. The van der Waals surface area contributed by atoms with Crippen molar-refractivity contribution in [2.24, 2.45) is 0 Å². The third-order valence-electron chi connectivity index (χ3n) is 2.83. The minimum Gasteiger partial charge on any atom is -0.436 e. The smallest absolute Gasteiger partial charge is 0.248 e. The molecular weight excluding hydrogens is 240 g/mol. The quantitative estimate of drug-likeness (QED) is 0.732. The molecule has 94 valence electrons. The van der Waals surface area contributed by atoms with Crippen molar-refractivity contribution in [2.45, 2.75) is 0 Å². The van der Waals surface area contributed by atoms with Gasteiger partial charge >= 0.3 is 0 Å². The first-order valence-electron chi connectivity index (χ1n) is 5.77. The van der Waals surface area contributed by atoms with E-state index in [0.29, 0.717) is 5.75 Å². The standard InChI is InChI=1S/C14H12N4O/c15-12-13(16)17-8-18-14(12)19-11-7-3-5-9-4-1-2-6-10(9)11/h1-8H,15H2,(H2,16,17,18). The van der Waals surface area contributed by atoms with Gasteiger partial charge in [0.15, 0.2) is 5.82 Å². The molecule has 3 rings (SSSR count). The molecule has 1 aromatic heterocycles. The largest absolute Gasteiger partial charge is 0.436 e. The summed E-state index contributed by atoms with van der Waals surface area (Å²) in [6.07, 6.45) is 1.33. The third kappa shape index (κ3) is 2.01. The van der Waals surface area contributed by atoms with E-state index in [2.05, 4.69) is 9.97 Å². The monoisotopic (exact) mass is 252 g/mol. The van der Waals surface area contributed by atoms with Crippen molar-refractivity contribution in [1.82, 2.24) is 9.97 Å². The van der Waals surface area contributed by atoms with Crippen LogP contribution in [-0.2, 0) is 0 Å². The van der Waals surface area contributed by atoms with Crippen LogP contribution in [0.15, 0.2) is 48.8 Å². The Kier molecular flexibility index (Phi) is 2.64. The van der Waals surface area contributed by atoms with Crippen molar-refractivity contribution < 1.29 is 4.74 Å². The van der Waals surface area contributed by atoms with Crippen LogP contribution in [0.3, 0.4) is 0 Å². The van der Waals surface area contributed by atoms with Gasteiger partial charge in [0, 0.05) is 5.39 Å². The summed E-state index contributed by atoms with van der Waals surface area (Å²) in [7, 11) is 0. The molecule has 0 amide bonds. The predicted octanol–water partition coefficient (Wildman–Crippen LogP) is 2.59. The van der Waals surface area contributed by atoms with Gasteiger partial charge in [0.1, 0.15) is 17.8 Å². The number of nitrogen functional groups attached to an aromatic ring is 2. The molecule has 0 saturated carbocycles. The van der Waals surface area contributed by atoms with Crippen molar-refractivity contribution in [3.8, 4) is 11.6 Å². The van der Waals surface area contributed by atoms with Gasteiger partial charge in [-0.2, -0.15) is 4.98 Å². The molecule has 0 unspecified atom stereocenters. The van der Waals surface area contributed by atoms with E-state index in [1.165, 1.54) is 6.33 Å². The minimum atomic E-state index is 0.213. The predicted molar refractivity (Wildman–Crippen MR) is 74.9 cm³/mol. The second kappa shape index (κ2) is 4.45. The number of ether oxygens (including phenoxy) is 1. The van der Waals surface area contributed by atoms with Gasteiger partial charge in [-0.25, -0.2) is 4.98 Å². The fraction of sp³-hybridized carbons (Fsp3) is 0. The van der Waals surface area contributed by atoms with E-state index in [9.17, 15) is 0 Å². The number of aromatic nitrogens is 2. The van der Waals surface area contributed by atoms with E-state index in [4.69, 9.17) is 16.2 Å². The zero-order valence-corrected chi connectivity index (χ0v) is 10.1. The Morgan fingerprint density at radius 1 is 0.895 bits per heavy atom. The number of nitrogens with two attached hydrogens (primary N) is 2. The van der Waals surface area contributed by atoms with E-state index in [-0.39, 0.29) is 17.4 Å². The van der Waals surface area contributed by atoms with Crippen LogP contribution in [0.5, 0.6) is 11.6 Å². The Bertz CT molecular complexity index is 737. The maximum Gasteiger partial charge on any atom is 0.248 e. The Balaban J connectivity index is 2.09. The van der Waals surface area contributed by atoms with Gasteiger partial charge in [0.05, 0.1) is 0 Å². The second-order valence-electron chi connectivity index (χ2n) is 4.06. The molecule has 19 heavy (non-hydrogen) atoms. The molecule has 0 saturated heterocycles. The summed E-state index contributed by atoms with van der Waals surface area (Å²) in [6, 6.07) is 13.7. The minimum absolute atomic E-state index is 0.213. The zero-order valence-electron chi connectivity index (χ0n) is 10.1. The van der Waals surface area contributed by atoms with Crippen molar-refractivity contribution in [3.63, 3.8) is 0 Å². The number of rotatable bonds is 2. The topological polar surface area (TPSA) is 87.0 Å². The van der Waals surface area contributed by atoms with Gasteiger partial charge in [-0.1, -0.05) is 36.4 Å². The molecule has 0 atom stereocenters. The Hall–Kier alpha value is -2.82. The van der Waals surface area contributed by atoms with Gasteiger partial charge in [0.2, 0.25) is 5.88 Å². The van der Waals surface area contributed by atoms with Gasteiger partial charge in [-0.05, 0) is 11.5 Å². The number of benzene rings is 2. The van der Waals surface area contributed by atoms with Crippen LogP contribution in [0.4, 0.5) is 11.5 Å². The maximum atomic E-state index is 5.80. The van der Waals surface area contributed by atoms with Crippen LogP contribution in [-0.4, -0.2) is 9.97 Å². The summed E-state index contributed by atoms with van der Waals surface area (Å²) in [5.74, 6) is 1.16. The first-order chi connectivity index (χ1) is 9.25. The highest BCUT2D eigenvalue weighted by Crippen LogP contribution is 2.32. The van der Waals surface area contributed by atoms with Gasteiger partial charge < -0.3 is 16.2 Å². The molecule has 0 aliphatic heterocycles. The van der Waals surface area contributed by atoms with Crippen LogP contribution in [0.2, 0.25) is 0 Å². The lowest BCUT2D eigenvalue weighted by atomic mass is 10.1. The Labute approximate surface area is 109 Å². The Morgan fingerprint density at radius 2 is 1.68 bits per heavy atom. The average molecular weight is 252 g/mol. The number of nitrogens with zero attached hydrogens (tertiary/aromatic N) is 2. The van der Waals surface area contributed by atoms with Crippen molar-refractivity contribution >= 4 is 22.3 Å². The molecule has 5 heteroatoms. The highest BCUT2D eigenvalue weighted by atomic mass is 16.5. The Morgan fingerprint density at radius 3 is 2.58 bits per heavy atom. The van der Waals surface area contributed by atoms with Crippen molar-refractivity contribution in [2.75, 3.05) is 11.5 Å². The van der Waals surface area contributed by atoms with E-state index in [1.54, 1.807) is 0 Å². The number of fused-ring (bicyclic) bond motifs is 1. The number of hydrogen-bond donors (Lipinski definition) is 2. The van der Waals surface area contributed by atoms with E-state index < -0.39 is 0 Å². The molecule has 1 heterocycles. The molecule has 3 aromatic rings. The van der Waals surface area contributed by atoms with E-state index in [0.717, 1.165) is 10.8 Å². The molecule has 0 aliphatic rings. The van der Waals surface area contributed by atoms with Crippen LogP contribution in [0.25, 0.3) is 10.8 Å². The van der Waals surface area contributed by atoms with E-state index >= 15 is 0 Å². The summed E-state index contributed by atoms with van der Waals surface area (Å²) >= 11 is 0. The first kappa shape index (κ1) is 11.3. The molecule has 2 aromatic carbocycles. The molecule has 0 radical (unpaired) electrons. The van der Waals surface area contributed by atoms with E-state index in [1.807, 2.05) is 42.5 Å². The number of anilines is 2. The lowest BCUT2D eigenvalue weighted by molar-refractivity contribution is 0.470. The van der Waals surface area contributed by atoms with Gasteiger partial charge in [-0.15, -0.1) is 0 Å². The fourth-order valence-corrected chi connectivity index (χ4v) is 1.86. The fourth-order valence-electron chi connectivity index (χ4n) is 1.86. The summed E-state index contributed by atoms with van der Waals surface area (Å²) in [6.45, 7) is 0. The van der Waals surface area contributed by atoms with Crippen LogP contribution in [0.1, 0.15) is 0 Å². The SMILES string of the molecule is Nc1ncnc(Oc2cccc3ccccc23)c1N. The van der Waals surface area contributed by atoms with Crippen LogP contribution in [0, 0.1) is 0 Å². The van der Waals surface area contributed by atoms with Crippen molar-refractivity contribution in [1.29, 1.82) is 0 Å². The van der Waals surface area contributed by atoms with Crippen LogP contribution >= 0.6 is 0 Å². The first-order valence-corrected chi connectivity index (χ1v) is 5.77. The lowest BCUT2D eigenvalue weighted by Crippen LogP contribution is -2.02. The van der Waals surface area contributed by atoms with Gasteiger partial charge in [0.25, 0.3) is 0 Å². The summed E-state index contributed by atoms with van der Waals surface area (Å²) in [5.41, 5.74) is 11.7. The zero-order chi connectivity index (χ0) is 13.2. The summed E-state index contributed by atoms with van der Waals surface area (Å²) in [5, 5.41) is 2.07. The highest BCUT2D eigenvalue weighted by Gasteiger charge is 2.09. The second-order valence-corrected chi connectivity index (χ2v) is 4.06. The molecule has 0 bridgehead atoms. The van der Waals surface area contributed by atoms with Gasteiger partial charge in [-0.3, -0.25) is 0 Å².